The third-order valence-electron chi connectivity index (χ3n) is 3.50. The molecule has 5 nitrogen and oxygen atoms in total. The lowest BCUT2D eigenvalue weighted by Gasteiger charge is -2.14. The lowest BCUT2D eigenvalue weighted by Crippen LogP contribution is -2.30. The fraction of sp³-hybridized carbons (Fsp3) is 0.263. The molecule has 0 spiro atoms. The number of esters is 1. The highest BCUT2D eigenvalue weighted by Crippen LogP contribution is 2.15. The van der Waals surface area contributed by atoms with Gasteiger partial charge < -0.3 is 14.8 Å². The van der Waals surface area contributed by atoms with Crippen molar-refractivity contribution in [3.05, 3.63) is 59.7 Å². The number of ether oxygens (including phenoxy) is 2. The third-order valence-corrected chi connectivity index (χ3v) is 3.50. The Morgan fingerprint density at radius 3 is 2.25 bits per heavy atom. The number of nitrogens with one attached hydrogen (secondary N) is 1. The first-order chi connectivity index (χ1) is 11.5. The predicted octanol–water partition coefficient (Wildman–Crippen LogP) is 3.12. The first kappa shape index (κ1) is 17.5. The van der Waals surface area contributed by atoms with Gasteiger partial charge in [0.2, 0.25) is 0 Å². The van der Waals surface area contributed by atoms with Gasteiger partial charge in [0.25, 0.3) is 5.91 Å². The highest BCUT2D eigenvalue weighted by Gasteiger charge is 2.18. The molecule has 0 fully saturated rings. The van der Waals surface area contributed by atoms with Gasteiger partial charge in [-0.25, -0.2) is 0 Å². The van der Waals surface area contributed by atoms with E-state index in [1.165, 1.54) is 0 Å². The number of hydrogen-bond donors (Lipinski definition) is 1. The second-order valence-corrected chi connectivity index (χ2v) is 5.51. The molecular weight excluding hydrogens is 306 g/mol. The van der Waals surface area contributed by atoms with Crippen LogP contribution in [0.15, 0.2) is 48.5 Å². The molecule has 0 saturated heterocycles. The van der Waals surface area contributed by atoms with Crippen LogP contribution in [-0.2, 0) is 20.7 Å². The predicted molar refractivity (Wildman–Crippen MR) is 92.1 cm³/mol. The standard InChI is InChI=1S/C19H21NO4/c1-13-4-6-15(7-5-13)12-18(21)24-14(2)19(22)20-16-8-10-17(23-3)11-9-16/h4-11,14H,12H2,1-3H3,(H,20,22). The van der Waals surface area contributed by atoms with E-state index in [1.807, 2.05) is 31.2 Å². The summed E-state index contributed by atoms with van der Waals surface area (Å²) in [4.78, 5) is 24.0. The highest BCUT2D eigenvalue weighted by molar-refractivity contribution is 5.95. The Balaban J connectivity index is 1.85. The van der Waals surface area contributed by atoms with Crippen LogP contribution in [0.5, 0.6) is 5.75 Å². The van der Waals surface area contributed by atoms with Crippen molar-refractivity contribution >= 4 is 17.6 Å². The Morgan fingerprint density at radius 2 is 1.67 bits per heavy atom. The molecule has 1 atom stereocenters. The van der Waals surface area contributed by atoms with Gasteiger partial charge in [-0.15, -0.1) is 0 Å². The number of benzene rings is 2. The van der Waals surface area contributed by atoms with E-state index < -0.39 is 12.1 Å². The average molecular weight is 327 g/mol. The first-order valence-corrected chi connectivity index (χ1v) is 7.68. The van der Waals surface area contributed by atoms with Crippen LogP contribution < -0.4 is 10.1 Å². The Bertz CT molecular complexity index is 692. The number of carbonyl (C=O) groups is 2. The molecule has 0 aliphatic carbocycles. The summed E-state index contributed by atoms with van der Waals surface area (Å²) in [5.74, 6) is -0.112. The van der Waals surface area contributed by atoms with Gasteiger partial charge in [0, 0.05) is 5.69 Å². The fourth-order valence-corrected chi connectivity index (χ4v) is 2.08. The molecular formula is C19H21NO4. The summed E-state index contributed by atoms with van der Waals surface area (Å²) in [6.45, 7) is 3.53. The maximum Gasteiger partial charge on any atom is 0.311 e. The molecule has 0 heterocycles. The zero-order valence-electron chi connectivity index (χ0n) is 14.0. The van der Waals surface area contributed by atoms with Crippen LogP contribution in [0.1, 0.15) is 18.1 Å². The van der Waals surface area contributed by atoms with E-state index in [4.69, 9.17) is 9.47 Å². The van der Waals surface area contributed by atoms with E-state index in [0.29, 0.717) is 11.4 Å². The second-order valence-electron chi connectivity index (χ2n) is 5.51. The number of carbonyl (C=O) groups excluding carboxylic acids is 2. The Labute approximate surface area is 141 Å². The molecule has 2 rings (SSSR count). The Morgan fingerprint density at radius 1 is 1.04 bits per heavy atom. The normalized spacial score (nSPS) is 11.5. The number of amides is 1. The third kappa shape index (κ3) is 5.12. The molecule has 1 unspecified atom stereocenters. The average Bonchev–Trinajstić information content (AvgIpc) is 2.57. The molecule has 24 heavy (non-hydrogen) atoms. The smallest absolute Gasteiger partial charge is 0.311 e. The summed E-state index contributed by atoms with van der Waals surface area (Å²) >= 11 is 0. The van der Waals surface area contributed by atoms with Gasteiger partial charge in [-0.1, -0.05) is 29.8 Å². The van der Waals surface area contributed by atoms with Crippen molar-refractivity contribution in [2.24, 2.45) is 0 Å². The van der Waals surface area contributed by atoms with Crippen molar-refractivity contribution in [2.75, 3.05) is 12.4 Å². The lowest BCUT2D eigenvalue weighted by atomic mass is 10.1. The number of methoxy groups -OCH3 is 1. The van der Waals surface area contributed by atoms with E-state index in [0.717, 1.165) is 11.1 Å². The zero-order chi connectivity index (χ0) is 17.5. The molecule has 1 N–H and O–H groups in total. The summed E-state index contributed by atoms with van der Waals surface area (Å²) in [5, 5.41) is 2.70. The number of anilines is 1. The van der Waals surface area contributed by atoms with Crippen molar-refractivity contribution in [1.29, 1.82) is 0 Å². The molecule has 2 aromatic rings. The van der Waals surface area contributed by atoms with Crippen LogP contribution >= 0.6 is 0 Å². The maximum atomic E-state index is 12.1. The molecule has 0 radical (unpaired) electrons. The minimum atomic E-state index is -0.870. The van der Waals surface area contributed by atoms with E-state index in [1.54, 1.807) is 38.3 Å². The van der Waals surface area contributed by atoms with Crippen molar-refractivity contribution in [1.82, 2.24) is 0 Å². The van der Waals surface area contributed by atoms with Crippen molar-refractivity contribution < 1.29 is 19.1 Å². The first-order valence-electron chi connectivity index (χ1n) is 7.68. The lowest BCUT2D eigenvalue weighted by molar-refractivity contribution is -0.152. The zero-order valence-corrected chi connectivity index (χ0v) is 14.0. The van der Waals surface area contributed by atoms with Crippen LogP contribution in [-0.4, -0.2) is 25.1 Å². The van der Waals surface area contributed by atoms with Crippen LogP contribution in [0, 0.1) is 6.92 Å². The summed E-state index contributed by atoms with van der Waals surface area (Å²) in [6.07, 6.45) is -0.731. The van der Waals surface area contributed by atoms with E-state index in [-0.39, 0.29) is 12.3 Å². The topological polar surface area (TPSA) is 64.6 Å². The summed E-state index contributed by atoms with van der Waals surface area (Å²) in [6, 6.07) is 14.5. The largest absolute Gasteiger partial charge is 0.497 e. The van der Waals surface area contributed by atoms with E-state index in [2.05, 4.69) is 5.32 Å². The highest BCUT2D eigenvalue weighted by atomic mass is 16.5. The molecule has 126 valence electrons. The second kappa shape index (κ2) is 8.15. The number of rotatable bonds is 6. The van der Waals surface area contributed by atoms with Gasteiger partial charge in [-0.2, -0.15) is 0 Å². The molecule has 2 aromatic carbocycles. The van der Waals surface area contributed by atoms with E-state index >= 15 is 0 Å². The van der Waals surface area contributed by atoms with E-state index in [9.17, 15) is 9.59 Å². The molecule has 0 aliphatic rings. The Kier molecular flexibility index (Phi) is 5.95. The van der Waals surface area contributed by atoms with Gasteiger partial charge in [0.15, 0.2) is 6.10 Å². The molecule has 0 bridgehead atoms. The van der Waals surface area contributed by atoms with Crippen LogP contribution in [0.2, 0.25) is 0 Å². The number of hydrogen-bond acceptors (Lipinski definition) is 4. The molecule has 5 heteroatoms. The van der Waals surface area contributed by atoms with Gasteiger partial charge in [-0.05, 0) is 43.7 Å². The van der Waals surface area contributed by atoms with Crippen LogP contribution in [0.3, 0.4) is 0 Å². The van der Waals surface area contributed by atoms with Crippen molar-refractivity contribution in [2.45, 2.75) is 26.4 Å². The van der Waals surface area contributed by atoms with Crippen molar-refractivity contribution in [3.8, 4) is 5.75 Å². The minimum Gasteiger partial charge on any atom is -0.497 e. The number of aryl methyl sites for hydroxylation is 1. The van der Waals surface area contributed by atoms with Crippen LogP contribution in [0.25, 0.3) is 0 Å². The Hall–Kier alpha value is -2.82. The summed E-state index contributed by atoms with van der Waals surface area (Å²) in [5.41, 5.74) is 2.59. The molecule has 1 amide bonds. The fourth-order valence-electron chi connectivity index (χ4n) is 2.08. The maximum absolute atomic E-state index is 12.1. The van der Waals surface area contributed by atoms with Gasteiger partial charge in [-0.3, -0.25) is 9.59 Å². The summed E-state index contributed by atoms with van der Waals surface area (Å²) < 4.78 is 10.2. The van der Waals surface area contributed by atoms with Crippen LogP contribution in [0.4, 0.5) is 5.69 Å². The molecule has 0 aromatic heterocycles. The SMILES string of the molecule is COc1ccc(NC(=O)C(C)OC(=O)Cc2ccc(C)cc2)cc1. The molecule has 0 aliphatic heterocycles. The van der Waals surface area contributed by atoms with Gasteiger partial charge >= 0.3 is 5.97 Å². The summed E-state index contributed by atoms with van der Waals surface area (Å²) in [7, 11) is 1.57. The molecule has 0 saturated carbocycles. The quantitative estimate of drug-likeness (QED) is 0.828. The van der Waals surface area contributed by atoms with Gasteiger partial charge in [0.05, 0.1) is 13.5 Å². The van der Waals surface area contributed by atoms with Crippen molar-refractivity contribution in [3.63, 3.8) is 0 Å². The minimum absolute atomic E-state index is 0.139. The monoisotopic (exact) mass is 327 g/mol. The van der Waals surface area contributed by atoms with Gasteiger partial charge in [0.1, 0.15) is 5.75 Å².